The highest BCUT2D eigenvalue weighted by atomic mass is 19.1. The smallest absolute Gasteiger partial charge is 0.336 e. The first-order valence-corrected chi connectivity index (χ1v) is 14.4. The summed E-state index contributed by atoms with van der Waals surface area (Å²) in [6.07, 6.45) is 4.82. The van der Waals surface area contributed by atoms with Crippen molar-refractivity contribution in [3.63, 3.8) is 0 Å². The molecule has 1 aromatic heterocycles. The van der Waals surface area contributed by atoms with Crippen LogP contribution in [0.25, 0.3) is 0 Å². The van der Waals surface area contributed by atoms with Crippen molar-refractivity contribution in [2.24, 2.45) is 11.7 Å². The highest BCUT2D eigenvalue weighted by Crippen LogP contribution is 2.41. The zero-order chi connectivity index (χ0) is 30.9. The number of pyridine rings is 1. The monoisotopic (exact) mass is 584 g/mol. The Morgan fingerprint density at radius 1 is 0.977 bits per heavy atom. The summed E-state index contributed by atoms with van der Waals surface area (Å²) in [6.45, 7) is 6.25. The third-order valence-corrected chi connectivity index (χ3v) is 7.16. The van der Waals surface area contributed by atoms with Gasteiger partial charge in [-0.25, -0.2) is 9.18 Å². The van der Waals surface area contributed by atoms with Gasteiger partial charge in [0.1, 0.15) is 5.82 Å². The molecule has 4 N–H and O–H groups in total. The van der Waals surface area contributed by atoms with E-state index in [0.29, 0.717) is 53.9 Å². The van der Waals surface area contributed by atoms with Crippen LogP contribution in [0.2, 0.25) is 0 Å². The molecule has 2 amide bonds. The van der Waals surface area contributed by atoms with Gasteiger partial charge in [-0.1, -0.05) is 44.2 Å². The number of aromatic nitrogens is 1. The van der Waals surface area contributed by atoms with E-state index in [-0.39, 0.29) is 29.8 Å². The minimum absolute atomic E-state index is 0.144. The van der Waals surface area contributed by atoms with Crippen LogP contribution in [0.15, 0.2) is 95.6 Å². The molecule has 1 unspecified atom stereocenters. The molecule has 9 heteroatoms. The summed E-state index contributed by atoms with van der Waals surface area (Å²) in [6, 6.07) is 16.7. The van der Waals surface area contributed by atoms with E-state index in [2.05, 4.69) is 15.6 Å². The zero-order valence-corrected chi connectivity index (χ0v) is 24.7. The van der Waals surface area contributed by atoms with E-state index in [4.69, 9.17) is 10.5 Å². The number of ether oxygens (including phenoxy) is 1. The number of amides is 2. The van der Waals surface area contributed by atoms with E-state index in [9.17, 15) is 18.8 Å². The lowest BCUT2D eigenvalue weighted by molar-refractivity contribution is -0.138. The molecule has 0 fully saturated rings. The van der Waals surface area contributed by atoms with Crippen LogP contribution in [0.3, 0.4) is 0 Å². The van der Waals surface area contributed by atoms with Crippen molar-refractivity contribution in [1.82, 2.24) is 15.6 Å². The molecule has 2 aromatic carbocycles. The Labute approximate surface area is 251 Å². The molecule has 1 atom stereocenters. The highest BCUT2D eigenvalue weighted by molar-refractivity contribution is 6.01. The second-order valence-electron chi connectivity index (χ2n) is 10.8. The third-order valence-electron chi connectivity index (χ3n) is 7.16. The van der Waals surface area contributed by atoms with E-state index in [1.165, 1.54) is 12.1 Å². The molecular weight excluding hydrogens is 547 g/mol. The predicted octanol–water partition coefficient (Wildman–Crippen LogP) is 5.07. The maximum absolute atomic E-state index is 13.5. The average Bonchev–Trinajstić information content (AvgIpc) is 2.99. The number of nitrogens with one attached hydrogen (secondary N) is 2. The molecule has 224 valence electrons. The van der Waals surface area contributed by atoms with Crippen LogP contribution in [-0.2, 0) is 27.3 Å². The number of carbonyl (C=O) groups is 3. The fourth-order valence-electron chi connectivity index (χ4n) is 5.18. The van der Waals surface area contributed by atoms with Crippen LogP contribution in [0.4, 0.5) is 4.39 Å². The second-order valence-corrected chi connectivity index (χ2v) is 10.8. The molecule has 0 spiro atoms. The van der Waals surface area contributed by atoms with Gasteiger partial charge in [0.25, 0.3) is 5.91 Å². The van der Waals surface area contributed by atoms with Crippen LogP contribution in [0.5, 0.6) is 0 Å². The third kappa shape index (κ3) is 7.94. The van der Waals surface area contributed by atoms with Gasteiger partial charge in [0.05, 0.1) is 18.1 Å². The number of hydrogen-bond donors (Lipinski definition) is 3. The number of primary amides is 1. The SMILES string of the molecule is CCOC(=O)C1=C(CCc2ccc(F)cc2)NC(CC(C)C)=C(C(N)=O)C1c1ccc(C(=O)NCc2cccnc2)cc1. The Hall–Kier alpha value is -4.79. The number of hydrogen-bond acceptors (Lipinski definition) is 6. The Morgan fingerprint density at radius 3 is 2.30 bits per heavy atom. The first-order valence-electron chi connectivity index (χ1n) is 14.4. The lowest BCUT2D eigenvalue weighted by Gasteiger charge is -2.33. The van der Waals surface area contributed by atoms with E-state index in [1.807, 2.05) is 19.9 Å². The number of rotatable bonds is 12. The molecule has 8 nitrogen and oxygen atoms in total. The fourth-order valence-corrected chi connectivity index (χ4v) is 5.18. The number of halogens is 1. The van der Waals surface area contributed by atoms with Crippen molar-refractivity contribution < 1.29 is 23.5 Å². The Balaban J connectivity index is 1.73. The van der Waals surface area contributed by atoms with Crippen molar-refractivity contribution in [3.8, 4) is 0 Å². The fraction of sp³-hybridized carbons (Fsp3) is 0.294. The number of dihydropyridines is 1. The van der Waals surface area contributed by atoms with Gasteiger partial charge in [0.2, 0.25) is 5.91 Å². The Kier molecular flexibility index (Phi) is 10.4. The van der Waals surface area contributed by atoms with Gasteiger partial charge in [-0.15, -0.1) is 0 Å². The minimum Gasteiger partial charge on any atom is -0.463 e. The normalized spacial score (nSPS) is 14.9. The molecule has 0 bridgehead atoms. The number of esters is 1. The van der Waals surface area contributed by atoms with Crippen molar-refractivity contribution in [3.05, 3.63) is 124 Å². The molecular formula is C34H37FN4O4. The summed E-state index contributed by atoms with van der Waals surface area (Å²) in [5.74, 6) is -2.42. The van der Waals surface area contributed by atoms with Gasteiger partial charge in [0, 0.05) is 41.5 Å². The van der Waals surface area contributed by atoms with Crippen LogP contribution in [0, 0.1) is 11.7 Å². The van der Waals surface area contributed by atoms with Gasteiger partial charge in [-0.05, 0) is 79.1 Å². The Bertz CT molecular complexity index is 1510. The molecule has 3 aromatic rings. The number of carbonyl (C=O) groups excluding carboxylic acids is 3. The number of nitrogens with zero attached hydrogens (tertiary/aromatic N) is 1. The molecule has 0 radical (unpaired) electrons. The van der Waals surface area contributed by atoms with Crippen molar-refractivity contribution in [2.75, 3.05) is 6.61 Å². The number of nitrogens with two attached hydrogens (primary N) is 1. The first kappa shape index (κ1) is 31.2. The van der Waals surface area contributed by atoms with Gasteiger partial charge in [-0.3, -0.25) is 14.6 Å². The van der Waals surface area contributed by atoms with Crippen LogP contribution < -0.4 is 16.4 Å². The number of allylic oxidation sites excluding steroid dienone is 2. The first-order chi connectivity index (χ1) is 20.7. The zero-order valence-electron chi connectivity index (χ0n) is 24.7. The lowest BCUT2D eigenvalue weighted by Crippen LogP contribution is -2.36. The van der Waals surface area contributed by atoms with Gasteiger partial charge in [-0.2, -0.15) is 0 Å². The molecule has 0 aliphatic carbocycles. The molecule has 1 aliphatic rings. The summed E-state index contributed by atoms with van der Waals surface area (Å²) >= 11 is 0. The quantitative estimate of drug-likeness (QED) is 0.255. The highest BCUT2D eigenvalue weighted by Gasteiger charge is 2.38. The van der Waals surface area contributed by atoms with E-state index < -0.39 is 17.8 Å². The van der Waals surface area contributed by atoms with Gasteiger partial charge >= 0.3 is 5.97 Å². The molecule has 2 heterocycles. The summed E-state index contributed by atoms with van der Waals surface area (Å²) in [4.78, 5) is 43.5. The van der Waals surface area contributed by atoms with E-state index in [0.717, 1.165) is 11.1 Å². The average molecular weight is 585 g/mol. The standard InChI is InChI=1S/C34H37FN4O4/c1-4-43-34(42)31-27(16-9-22-7-14-26(35)15-8-22)39-28(18-21(2)3)30(32(36)40)29(31)24-10-12-25(13-11-24)33(41)38-20-23-6-5-17-37-19-23/h5-8,10-15,17,19,21,29,39H,4,9,16,18,20H2,1-3H3,(H2,36,40)(H,38,41). The van der Waals surface area contributed by atoms with Crippen LogP contribution in [0.1, 0.15) is 66.6 Å². The molecule has 4 rings (SSSR count). The summed E-state index contributed by atoms with van der Waals surface area (Å²) in [5.41, 5.74) is 10.6. The summed E-state index contributed by atoms with van der Waals surface area (Å²) in [5, 5.41) is 6.24. The largest absolute Gasteiger partial charge is 0.463 e. The topological polar surface area (TPSA) is 123 Å². The summed E-state index contributed by atoms with van der Waals surface area (Å²) in [7, 11) is 0. The second kappa shape index (κ2) is 14.4. The maximum atomic E-state index is 13.5. The predicted molar refractivity (Wildman–Crippen MR) is 162 cm³/mol. The van der Waals surface area contributed by atoms with E-state index in [1.54, 1.807) is 61.8 Å². The summed E-state index contributed by atoms with van der Waals surface area (Å²) < 4.78 is 19.0. The van der Waals surface area contributed by atoms with Crippen molar-refractivity contribution in [2.45, 2.75) is 52.5 Å². The Morgan fingerprint density at radius 2 is 1.70 bits per heavy atom. The molecule has 43 heavy (non-hydrogen) atoms. The molecule has 1 aliphatic heterocycles. The minimum atomic E-state index is -0.803. The molecule has 0 saturated carbocycles. The van der Waals surface area contributed by atoms with Crippen molar-refractivity contribution in [1.29, 1.82) is 0 Å². The van der Waals surface area contributed by atoms with E-state index >= 15 is 0 Å². The van der Waals surface area contributed by atoms with Crippen molar-refractivity contribution >= 4 is 17.8 Å². The van der Waals surface area contributed by atoms with Gasteiger partial charge in [0.15, 0.2) is 0 Å². The van der Waals surface area contributed by atoms with Crippen LogP contribution >= 0.6 is 0 Å². The lowest BCUT2D eigenvalue weighted by atomic mass is 9.77. The van der Waals surface area contributed by atoms with Gasteiger partial charge < -0.3 is 21.1 Å². The number of aryl methyl sites for hydroxylation is 1. The molecule has 0 saturated heterocycles. The maximum Gasteiger partial charge on any atom is 0.336 e. The van der Waals surface area contributed by atoms with Crippen LogP contribution in [-0.4, -0.2) is 29.4 Å². The number of benzene rings is 2.